The molecule has 54 heavy (non-hydrogen) atoms. The van der Waals surface area contributed by atoms with Crippen molar-refractivity contribution in [1.29, 1.82) is 0 Å². The fourth-order valence-corrected chi connectivity index (χ4v) is 10.4. The van der Waals surface area contributed by atoms with Gasteiger partial charge in [-0.05, 0) is 175 Å². The minimum absolute atomic E-state index is 0.491. The van der Waals surface area contributed by atoms with E-state index < -0.39 is 0 Å². The van der Waals surface area contributed by atoms with Gasteiger partial charge >= 0.3 is 0 Å². The van der Waals surface area contributed by atoms with Gasteiger partial charge in [-0.25, -0.2) is 0 Å². The molecule has 5 nitrogen and oxygen atoms in total. The number of fused-ring (bicyclic) bond motifs is 13. The molecule has 1 saturated heterocycles. The van der Waals surface area contributed by atoms with Gasteiger partial charge in [-0.15, -0.1) is 0 Å². The molecule has 0 spiro atoms. The Labute approximate surface area is 328 Å². The Balaban J connectivity index is 0.000000108. The van der Waals surface area contributed by atoms with E-state index in [9.17, 15) is 0 Å². The Morgan fingerprint density at radius 3 is 1.13 bits per heavy atom. The number of hydrogen-bond donors (Lipinski definition) is 0. The summed E-state index contributed by atoms with van der Waals surface area (Å²) in [7, 11) is 0. The normalized spacial score (nSPS) is 36.6. The maximum atomic E-state index is 5.36. The number of hydrogen-bond acceptors (Lipinski definition) is 5. The van der Waals surface area contributed by atoms with Gasteiger partial charge < -0.3 is 23.7 Å². The Kier molecular flexibility index (Phi) is 18.0. The maximum absolute atomic E-state index is 5.36. The van der Waals surface area contributed by atoms with Crippen molar-refractivity contribution in [1.82, 2.24) is 0 Å². The second-order valence-electron chi connectivity index (χ2n) is 16.9. The van der Waals surface area contributed by atoms with Gasteiger partial charge in [0.15, 0.2) is 0 Å². The predicted molar refractivity (Wildman–Crippen MR) is 221 cm³/mol. The molecule has 8 aliphatic carbocycles. The molecule has 13 aliphatic rings. The summed E-state index contributed by atoms with van der Waals surface area (Å²) >= 11 is 0. The minimum Gasteiger partial charge on any atom is -0.502 e. The van der Waals surface area contributed by atoms with Crippen LogP contribution in [0.2, 0.25) is 0 Å². The van der Waals surface area contributed by atoms with Crippen molar-refractivity contribution in [3.8, 4) is 0 Å². The van der Waals surface area contributed by atoms with Gasteiger partial charge in [0.2, 0.25) is 0 Å². The van der Waals surface area contributed by atoms with Crippen LogP contribution >= 0.6 is 0 Å². The second kappa shape index (κ2) is 23.9. The van der Waals surface area contributed by atoms with Gasteiger partial charge in [-0.2, -0.15) is 0 Å². The highest BCUT2D eigenvalue weighted by Gasteiger charge is 2.57. The SMILES string of the molecule is C1=CC2CC1C1C3CCC(C3)C21.C1=CC2CCC1C2.C1=CC2CCC1O2.C1=CCCC1.C1=CCCCC1.C1=COCC1.C1=COCCC1.C1=COCCO1. The quantitative estimate of drug-likeness (QED) is 0.183. The molecular formula is C49H72O5. The topological polar surface area (TPSA) is 46.2 Å². The zero-order chi connectivity index (χ0) is 36.9. The van der Waals surface area contributed by atoms with Gasteiger partial charge in [-0.1, -0.05) is 60.8 Å². The molecule has 8 bridgehead atoms. The van der Waals surface area contributed by atoms with Crippen molar-refractivity contribution in [2.24, 2.45) is 47.3 Å². The van der Waals surface area contributed by atoms with E-state index in [0.717, 1.165) is 67.0 Å². The van der Waals surface area contributed by atoms with Crippen molar-refractivity contribution in [2.45, 2.75) is 134 Å². The first-order chi connectivity index (χ1) is 26.8. The zero-order valence-electron chi connectivity index (χ0n) is 33.3. The molecule has 10 unspecified atom stereocenters. The Morgan fingerprint density at radius 2 is 0.870 bits per heavy atom. The van der Waals surface area contributed by atoms with E-state index in [-0.39, 0.29) is 0 Å². The first-order valence-electron chi connectivity index (χ1n) is 22.3. The van der Waals surface area contributed by atoms with Gasteiger partial charge in [0.25, 0.3) is 0 Å². The van der Waals surface area contributed by atoms with Crippen LogP contribution in [-0.4, -0.2) is 38.6 Å². The van der Waals surface area contributed by atoms with E-state index in [1.165, 1.54) is 96.3 Å². The second-order valence-corrected chi connectivity index (χ2v) is 16.9. The number of rotatable bonds is 0. The summed E-state index contributed by atoms with van der Waals surface area (Å²) in [5.41, 5.74) is 0. The van der Waals surface area contributed by atoms with Crippen LogP contribution < -0.4 is 0 Å². The third kappa shape index (κ3) is 13.7. The highest BCUT2D eigenvalue weighted by molar-refractivity contribution is 5.19. The summed E-state index contributed by atoms with van der Waals surface area (Å²) in [6, 6.07) is 0. The van der Waals surface area contributed by atoms with Crippen molar-refractivity contribution in [2.75, 3.05) is 26.4 Å². The molecule has 5 heteroatoms. The lowest BCUT2D eigenvalue weighted by Gasteiger charge is -2.31. The minimum atomic E-state index is 0.491. The van der Waals surface area contributed by atoms with E-state index in [4.69, 9.17) is 23.7 Å². The molecular weight excluding hydrogens is 669 g/mol. The van der Waals surface area contributed by atoms with Crippen LogP contribution in [-0.2, 0) is 23.7 Å². The lowest BCUT2D eigenvalue weighted by molar-refractivity contribution is 0.108. The molecule has 0 aromatic heterocycles. The van der Waals surface area contributed by atoms with Crippen molar-refractivity contribution >= 4 is 0 Å². The summed E-state index contributed by atoms with van der Waals surface area (Å²) in [5.74, 6) is 8.64. The molecule has 0 amide bonds. The molecule has 0 radical (unpaired) electrons. The fraction of sp³-hybridized carbons (Fsp3) is 0.673. The average molecular weight is 741 g/mol. The molecule has 0 aromatic rings. The van der Waals surface area contributed by atoms with Crippen LogP contribution in [0.5, 0.6) is 0 Å². The van der Waals surface area contributed by atoms with Crippen LogP contribution in [0.4, 0.5) is 0 Å². The molecule has 0 aromatic carbocycles. The van der Waals surface area contributed by atoms with E-state index >= 15 is 0 Å². The first-order valence-corrected chi connectivity index (χ1v) is 22.3. The molecule has 0 N–H and O–H groups in total. The van der Waals surface area contributed by atoms with Crippen LogP contribution in [0.1, 0.15) is 122 Å². The number of allylic oxidation sites excluding steroid dienone is 9. The third-order valence-corrected chi connectivity index (χ3v) is 13.0. The first kappa shape index (κ1) is 40.7. The van der Waals surface area contributed by atoms with E-state index in [0.29, 0.717) is 25.4 Å². The summed E-state index contributed by atoms with van der Waals surface area (Å²) in [5, 5.41) is 0. The van der Waals surface area contributed by atoms with Crippen LogP contribution in [0, 0.1) is 47.3 Å². The van der Waals surface area contributed by atoms with Crippen molar-refractivity contribution < 1.29 is 23.7 Å². The molecule has 4 saturated carbocycles. The highest BCUT2D eigenvalue weighted by Crippen LogP contribution is 2.65. The number of ether oxygens (including phenoxy) is 5. The molecule has 13 rings (SSSR count). The average Bonchev–Trinajstić information content (AvgIpc) is 4.13. The van der Waals surface area contributed by atoms with Crippen molar-refractivity contribution in [3.63, 3.8) is 0 Å². The summed E-state index contributed by atoms with van der Waals surface area (Å²) in [4.78, 5) is 0. The van der Waals surface area contributed by atoms with Crippen LogP contribution in [0.15, 0.2) is 98.0 Å². The summed E-state index contributed by atoms with van der Waals surface area (Å²) in [6.07, 6.45) is 61.0. The van der Waals surface area contributed by atoms with Gasteiger partial charge in [0.05, 0.1) is 37.9 Å². The molecule has 5 aliphatic heterocycles. The smallest absolute Gasteiger partial charge is 0.121 e. The van der Waals surface area contributed by atoms with Gasteiger partial charge in [-0.3, -0.25) is 0 Å². The summed E-state index contributed by atoms with van der Waals surface area (Å²) in [6.45, 7) is 3.18. The monoisotopic (exact) mass is 741 g/mol. The molecule has 10 atom stereocenters. The zero-order valence-corrected chi connectivity index (χ0v) is 33.3. The highest BCUT2D eigenvalue weighted by atomic mass is 16.5. The van der Waals surface area contributed by atoms with Gasteiger partial charge in [0.1, 0.15) is 25.7 Å². The van der Waals surface area contributed by atoms with Crippen LogP contribution in [0.3, 0.4) is 0 Å². The Hall–Kier alpha value is -2.92. The lowest BCUT2D eigenvalue weighted by Crippen LogP contribution is -2.25. The van der Waals surface area contributed by atoms with Crippen LogP contribution in [0.25, 0.3) is 0 Å². The van der Waals surface area contributed by atoms with E-state index in [2.05, 4.69) is 60.8 Å². The largest absolute Gasteiger partial charge is 0.502 e. The maximum Gasteiger partial charge on any atom is 0.121 e. The molecule has 5 fully saturated rings. The third-order valence-electron chi connectivity index (χ3n) is 13.0. The summed E-state index contributed by atoms with van der Waals surface area (Å²) < 4.78 is 24.5. The van der Waals surface area contributed by atoms with Crippen molar-refractivity contribution in [3.05, 3.63) is 98.0 Å². The van der Waals surface area contributed by atoms with E-state index in [1.807, 2.05) is 12.2 Å². The predicted octanol–water partition coefficient (Wildman–Crippen LogP) is 12.5. The molecule has 5 heterocycles. The van der Waals surface area contributed by atoms with E-state index in [1.54, 1.807) is 44.3 Å². The standard InChI is InChI=1S/C12H16.C7H10.C6H8O.C6H10.C5H8O.C5H8.C4H6O2.C4H6O/c1-2-8-5-7(1)11-9-3-4-10(6-9)12(8)11;1-2-7-4-3-6(1)5-7;1-2-6-4-3-5(1)7-6;2*1-2-4-6-5-3-1;1-2-4-5-3-1;1-2-6-4-3-5-1;1-2-4-5-3-1/h1-2,7-12H,3-6H2;1-2,6-7H,3-5H2;1-2,5-6H,3-4H2;1-2H,3-6H2;2,4H,1,3,5H2;1-2H,3-5H2;1-2H,3-4H2;1,3H,2,4H2. The molecule has 298 valence electrons. The Morgan fingerprint density at radius 1 is 0.352 bits per heavy atom. The lowest BCUT2D eigenvalue weighted by atomic mass is 9.73. The van der Waals surface area contributed by atoms with Gasteiger partial charge in [0, 0.05) is 6.42 Å². The Bertz CT molecular complexity index is 1120. The fourth-order valence-electron chi connectivity index (χ4n) is 10.4.